The molecule has 0 aromatic rings. The predicted molar refractivity (Wildman–Crippen MR) is 60.9 cm³/mol. The molecular weight excluding hydrogens is 221 g/mol. The molecule has 1 rings (SSSR count). The standard InChI is InChI=1S/C10H17Cl2NO/c1-2-8-14-10(11,12)9-13-6-4-3-5-7-13/h2H,1,3-9H2. The highest BCUT2D eigenvalue weighted by atomic mass is 35.5. The van der Waals surface area contributed by atoms with Crippen LogP contribution in [0.1, 0.15) is 19.3 Å². The van der Waals surface area contributed by atoms with Gasteiger partial charge in [-0.15, -0.1) is 6.58 Å². The second-order valence-electron chi connectivity index (χ2n) is 3.57. The first kappa shape index (κ1) is 12.3. The third kappa shape index (κ3) is 4.65. The third-order valence-corrected chi connectivity index (χ3v) is 2.73. The van der Waals surface area contributed by atoms with E-state index in [9.17, 15) is 0 Å². The van der Waals surface area contributed by atoms with Crippen LogP contribution in [0.4, 0.5) is 0 Å². The van der Waals surface area contributed by atoms with Crippen molar-refractivity contribution in [3.05, 3.63) is 12.7 Å². The third-order valence-electron chi connectivity index (χ3n) is 2.27. The molecule has 0 radical (unpaired) electrons. The van der Waals surface area contributed by atoms with Crippen LogP contribution in [-0.4, -0.2) is 35.7 Å². The zero-order valence-electron chi connectivity index (χ0n) is 8.35. The van der Waals surface area contributed by atoms with Crippen molar-refractivity contribution in [1.82, 2.24) is 4.90 Å². The van der Waals surface area contributed by atoms with Crippen molar-refractivity contribution in [2.75, 3.05) is 26.2 Å². The Kier molecular flexibility index (Phi) is 5.24. The average molecular weight is 238 g/mol. The lowest BCUT2D eigenvalue weighted by molar-refractivity contribution is 0.0603. The van der Waals surface area contributed by atoms with Crippen LogP contribution in [0.25, 0.3) is 0 Å². The molecule has 0 atom stereocenters. The Labute approximate surface area is 95.8 Å². The van der Waals surface area contributed by atoms with Crippen molar-refractivity contribution < 1.29 is 4.74 Å². The summed E-state index contributed by atoms with van der Waals surface area (Å²) in [5.41, 5.74) is 0. The largest absolute Gasteiger partial charge is 0.341 e. The molecule has 1 aliphatic heterocycles. The maximum Gasteiger partial charge on any atom is 0.230 e. The van der Waals surface area contributed by atoms with E-state index in [0.29, 0.717) is 13.2 Å². The minimum Gasteiger partial charge on any atom is -0.341 e. The molecule has 1 aliphatic rings. The van der Waals surface area contributed by atoms with Gasteiger partial charge in [0.05, 0.1) is 13.2 Å². The molecule has 0 saturated carbocycles. The smallest absolute Gasteiger partial charge is 0.230 e. The van der Waals surface area contributed by atoms with E-state index >= 15 is 0 Å². The van der Waals surface area contributed by atoms with Crippen LogP contribution in [-0.2, 0) is 4.74 Å². The molecule has 0 N–H and O–H groups in total. The zero-order valence-corrected chi connectivity index (χ0v) is 9.86. The first-order chi connectivity index (χ1) is 6.64. The highest BCUT2D eigenvalue weighted by Gasteiger charge is 2.28. The van der Waals surface area contributed by atoms with Crippen LogP contribution in [0.2, 0.25) is 0 Å². The molecular formula is C10H17Cl2NO. The summed E-state index contributed by atoms with van der Waals surface area (Å²) in [4.78, 5) is 2.24. The predicted octanol–water partition coefficient (Wildman–Crippen LogP) is 2.81. The summed E-state index contributed by atoms with van der Waals surface area (Å²) in [6.07, 6.45) is 5.41. The lowest BCUT2D eigenvalue weighted by Crippen LogP contribution is -2.40. The fourth-order valence-corrected chi connectivity index (χ4v) is 2.07. The number of piperidine rings is 1. The number of halogens is 2. The lowest BCUT2D eigenvalue weighted by atomic mass is 10.1. The molecule has 0 aliphatic carbocycles. The topological polar surface area (TPSA) is 12.5 Å². The van der Waals surface area contributed by atoms with Gasteiger partial charge in [0, 0.05) is 0 Å². The second-order valence-corrected chi connectivity index (χ2v) is 4.99. The normalized spacial score (nSPS) is 19.6. The van der Waals surface area contributed by atoms with E-state index in [1.54, 1.807) is 6.08 Å². The molecule has 0 bridgehead atoms. The van der Waals surface area contributed by atoms with E-state index in [-0.39, 0.29) is 0 Å². The van der Waals surface area contributed by atoms with Gasteiger partial charge in [-0.3, -0.25) is 4.90 Å². The number of ether oxygens (including phenoxy) is 1. The molecule has 0 unspecified atom stereocenters. The Morgan fingerprint density at radius 1 is 1.29 bits per heavy atom. The summed E-state index contributed by atoms with van der Waals surface area (Å²) >= 11 is 12.0. The van der Waals surface area contributed by atoms with Crippen molar-refractivity contribution in [2.24, 2.45) is 0 Å². The lowest BCUT2D eigenvalue weighted by Gasteiger charge is -2.31. The molecule has 1 saturated heterocycles. The van der Waals surface area contributed by atoms with Gasteiger partial charge in [0.2, 0.25) is 4.52 Å². The van der Waals surface area contributed by atoms with Gasteiger partial charge in [0.15, 0.2) is 0 Å². The molecule has 2 nitrogen and oxygen atoms in total. The van der Waals surface area contributed by atoms with E-state index < -0.39 is 4.52 Å². The average Bonchev–Trinajstić information content (AvgIpc) is 2.16. The Morgan fingerprint density at radius 2 is 1.93 bits per heavy atom. The van der Waals surface area contributed by atoms with E-state index in [1.165, 1.54) is 19.3 Å². The van der Waals surface area contributed by atoms with Crippen LogP contribution >= 0.6 is 23.2 Å². The van der Waals surface area contributed by atoms with Crippen molar-refractivity contribution in [1.29, 1.82) is 0 Å². The Morgan fingerprint density at radius 3 is 2.50 bits per heavy atom. The van der Waals surface area contributed by atoms with Crippen LogP contribution in [0, 0.1) is 0 Å². The molecule has 1 fully saturated rings. The number of nitrogens with zero attached hydrogens (tertiary/aromatic N) is 1. The van der Waals surface area contributed by atoms with Crippen LogP contribution in [0.5, 0.6) is 0 Å². The first-order valence-corrected chi connectivity index (χ1v) is 5.75. The summed E-state index contributed by atoms with van der Waals surface area (Å²) in [5, 5.41) is 0. The monoisotopic (exact) mass is 237 g/mol. The Bertz CT molecular complexity index is 179. The van der Waals surface area contributed by atoms with Crippen LogP contribution < -0.4 is 0 Å². The van der Waals surface area contributed by atoms with Crippen molar-refractivity contribution in [3.63, 3.8) is 0 Å². The van der Waals surface area contributed by atoms with Gasteiger partial charge >= 0.3 is 0 Å². The molecule has 0 aromatic heterocycles. The summed E-state index contributed by atoms with van der Waals surface area (Å²) in [6.45, 7) is 6.65. The number of hydrogen-bond donors (Lipinski definition) is 0. The van der Waals surface area contributed by atoms with E-state index in [1.807, 2.05) is 0 Å². The quantitative estimate of drug-likeness (QED) is 0.539. The number of alkyl halides is 2. The maximum atomic E-state index is 6.00. The molecule has 0 aromatic carbocycles. The second kappa shape index (κ2) is 5.96. The SMILES string of the molecule is C=CCOC(Cl)(Cl)CN1CCCCC1. The minimum atomic E-state index is -1.09. The number of rotatable bonds is 5. The summed E-state index contributed by atoms with van der Waals surface area (Å²) in [5.74, 6) is 0. The zero-order chi connectivity index (χ0) is 10.4. The fourth-order valence-electron chi connectivity index (χ4n) is 1.60. The van der Waals surface area contributed by atoms with Gasteiger partial charge in [-0.1, -0.05) is 35.7 Å². The Balaban J connectivity index is 2.28. The molecule has 0 amide bonds. The van der Waals surface area contributed by atoms with Crippen molar-refractivity contribution >= 4 is 23.2 Å². The summed E-state index contributed by atoms with van der Waals surface area (Å²) in [7, 11) is 0. The fraction of sp³-hybridized carbons (Fsp3) is 0.800. The van der Waals surface area contributed by atoms with Crippen LogP contribution in [0.15, 0.2) is 12.7 Å². The minimum absolute atomic E-state index is 0.390. The maximum absolute atomic E-state index is 6.00. The van der Waals surface area contributed by atoms with E-state index in [2.05, 4.69) is 11.5 Å². The van der Waals surface area contributed by atoms with Gasteiger partial charge in [0.25, 0.3) is 0 Å². The van der Waals surface area contributed by atoms with Crippen molar-refractivity contribution in [2.45, 2.75) is 23.8 Å². The molecule has 1 heterocycles. The van der Waals surface area contributed by atoms with Crippen molar-refractivity contribution in [3.8, 4) is 0 Å². The van der Waals surface area contributed by atoms with Gasteiger partial charge in [-0.2, -0.15) is 0 Å². The summed E-state index contributed by atoms with van der Waals surface area (Å²) in [6, 6.07) is 0. The Hall–Kier alpha value is 0.240. The summed E-state index contributed by atoms with van der Waals surface area (Å²) < 4.78 is 4.16. The molecule has 82 valence electrons. The van der Waals surface area contributed by atoms with Gasteiger partial charge in [-0.25, -0.2) is 0 Å². The van der Waals surface area contributed by atoms with Crippen LogP contribution in [0.3, 0.4) is 0 Å². The molecule has 14 heavy (non-hydrogen) atoms. The molecule has 4 heteroatoms. The first-order valence-electron chi connectivity index (χ1n) is 4.99. The van der Waals surface area contributed by atoms with Gasteiger partial charge < -0.3 is 4.74 Å². The van der Waals surface area contributed by atoms with E-state index in [0.717, 1.165) is 13.1 Å². The van der Waals surface area contributed by atoms with Gasteiger partial charge in [-0.05, 0) is 25.9 Å². The highest BCUT2D eigenvalue weighted by molar-refractivity contribution is 6.47. The molecule has 0 spiro atoms. The number of hydrogen-bond acceptors (Lipinski definition) is 2. The highest BCUT2D eigenvalue weighted by Crippen LogP contribution is 2.25. The van der Waals surface area contributed by atoms with Gasteiger partial charge in [0.1, 0.15) is 0 Å². The number of likely N-dealkylation sites (tertiary alicyclic amines) is 1. The van der Waals surface area contributed by atoms with E-state index in [4.69, 9.17) is 27.9 Å².